The highest BCUT2D eigenvalue weighted by atomic mass is 35.5. The van der Waals surface area contributed by atoms with Crippen LogP contribution in [0.4, 0.5) is 0 Å². The van der Waals surface area contributed by atoms with Crippen LogP contribution >= 0.6 is 23.2 Å². The van der Waals surface area contributed by atoms with E-state index >= 15 is 0 Å². The van der Waals surface area contributed by atoms with Gasteiger partial charge in [-0.1, -0.05) is 23.2 Å². The number of hydrogen-bond acceptors (Lipinski definition) is 2. The minimum atomic E-state index is -0.148. The molecule has 0 aliphatic carbocycles. The monoisotopic (exact) mass is 328 g/mol. The van der Waals surface area contributed by atoms with Gasteiger partial charge in [0.05, 0.1) is 11.4 Å². The van der Waals surface area contributed by atoms with Gasteiger partial charge < -0.3 is 0 Å². The molecule has 0 fully saturated rings. The molecule has 0 N–H and O–H groups in total. The van der Waals surface area contributed by atoms with Gasteiger partial charge in [-0.05, 0) is 41.5 Å². The molecule has 0 saturated carbocycles. The van der Waals surface area contributed by atoms with Gasteiger partial charge in [0.2, 0.25) is 0 Å². The van der Waals surface area contributed by atoms with Gasteiger partial charge in [0.1, 0.15) is 11.0 Å². The van der Waals surface area contributed by atoms with Gasteiger partial charge in [0, 0.05) is 28.9 Å². The summed E-state index contributed by atoms with van der Waals surface area (Å²) in [6, 6.07) is 0. The second-order valence-electron chi connectivity index (χ2n) is 5.51. The number of aromatic nitrogens is 4. The van der Waals surface area contributed by atoms with Crippen molar-refractivity contribution in [3.05, 3.63) is 33.9 Å². The van der Waals surface area contributed by atoms with Crippen molar-refractivity contribution in [2.24, 2.45) is 0 Å². The van der Waals surface area contributed by atoms with Crippen LogP contribution in [-0.4, -0.2) is 19.6 Å². The Morgan fingerprint density at radius 2 is 1.14 bits per heavy atom. The normalized spacial score (nSPS) is 14.5. The molecule has 0 aromatic carbocycles. The Morgan fingerprint density at radius 3 is 1.38 bits per heavy atom. The van der Waals surface area contributed by atoms with Crippen LogP contribution in [0, 0.1) is 27.7 Å². The largest absolute Gasteiger partial charge is 0.252 e. The molecule has 2 aromatic heterocycles. The standard InChI is InChI=1S/C15H22Cl2N4/c1-8-14(10(3)20(18-8)12(5)16)7-15-9(2)19-21(11(15)4)13(6)17/h12-13H,7H2,1-6H3. The summed E-state index contributed by atoms with van der Waals surface area (Å²) >= 11 is 12.3. The Hall–Kier alpha value is -1.000. The predicted octanol–water partition coefficient (Wildman–Crippen LogP) is 4.42. The van der Waals surface area contributed by atoms with Crippen molar-refractivity contribution in [2.75, 3.05) is 0 Å². The third kappa shape index (κ3) is 2.97. The van der Waals surface area contributed by atoms with E-state index in [4.69, 9.17) is 23.2 Å². The fourth-order valence-corrected chi connectivity index (χ4v) is 3.16. The maximum absolute atomic E-state index is 6.17. The molecule has 0 bridgehead atoms. The van der Waals surface area contributed by atoms with E-state index in [1.165, 1.54) is 11.1 Å². The molecule has 2 aromatic rings. The molecule has 2 unspecified atom stereocenters. The van der Waals surface area contributed by atoms with Gasteiger partial charge in [-0.15, -0.1) is 0 Å². The topological polar surface area (TPSA) is 35.6 Å². The maximum atomic E-state index is 6.17. The first kappa shape index (κ1) is 16.4. The van der Waals surface area contributed by atoms with Crippen LogP contribution < -0.4 is 0 Å². The zero-order valence-corrected chi connectivity index (χ0v) is 14.9. The minimum absolute atomic E-state index is 0.148. The molecule has 0 radical (unpaired) electrons. The van der Waals surface area contributed by atoms with E-state index in [-0.39, 0.29) is 11.0 Å². The molecule has 0 amide bonds. The summed E-state index contributed by atoms with van der Waals surface area (Å²) in [6.45, 7) is 12.0. The van der Waals surface area contributed by atoms with Crippen molar-refractivity contribution >= 4 is 23.2 Å². The van der Waals surface area contributed by atoms with Crippen LogP contribution in [0.5, 0.6) is 0 Å². The molecule has 116 valence electrons. The van der Waals surface area contributed by atoms with E-state index in [0.29, 0.717) is 0 Å². The number of hydrogen-bond donors (Lipinski definition) is 0. The first-order valence-corrected chi connectivity index (χ1v) is 7.98. The average molecular weight is 329 g/mol. The fourth-order valence-electron chi connectivity index (χ4n) is 2.78. The highest BCUT2D eigenvalue weighted by Crippen LogP contribution is 2.26. The first-order valence-electron chi connectivity index (χ1n) is 7.11. The average Bonchev–Trinajstić information content (AvgIpc) is 2.82. The molecular weight excluding hydrogens is 307 g/mol. The van der Waals surface area contributed by atoms with E-state index in [1.54, 1.807) is 0 Å². The third-order valence-corrected chi connectivity index (χ3v) is 4.35. The van der Waals surface area contributed by atoms with Crippen molar-refractivity contribution in [1.29, 1.82) is 0 Å². The Balaban J connectivity index is 2.44. The zero-order valence-electron chi connectivity index (χ0n) is 13.4. The van der Waals surface area contributed by atoms with Crippen LogP contribution in [0.15, 0.2) is 0 Å². The van der Waals surface area contributed by atoms with Gasteiger partial charge in [0.25, 0.3) is 0 Å². The molecule has 2 heterocycles. The predicted molar refractivity (Wildman–Crippen MR) is 87.3 cm³/mol. The van der Waals surface area contributed by atoms with Crippen LogP contribution in [-0.2, 0) is 6.42 Å². The van der Waals surface area contributed by atoms with Gasteiger partial charge in [-0.25, -0.2) is 0 Å². The number of halogens is 2. The lowest BCUT2D eigenvalue weighted by Gasteiger charge is -2.08. The Kier molecular flexibility index (Phi) is 4.69. The van der Waals surface area contributed by atoms with Crippen molar-refractivity contribution in [3.8, 4) is 0 Å². The van der Waals surface area contributed by atoms with Crippen molar-refractivity contribution in [1.82, 2.24) is 19.6 Å². The molecule has 0 aliphatic rings. The molecule has 0 aliphatic heterocycles. The molecule has 0 spiro atoms. The molecule has 6 heteroatoms. The Morgan fingerprint density at radius 1 is 0.810 bits per heavy atom. The molecule has 21 heavy (non-hydrogen) atoms. The van der Waals surface area contributed by atoms with Crippen LogP contribution in [0.3, 0.4) is 0 Å². The van der Waals surface area contributed by atoms with Gasteiger partial charge in [0.15, 0.2) is 0 Å². The number of rotatable bonds is 4. The van der Waals surface area contributed by atoms with Gasteiger partial charge >= 0.3 is 0 Å². The highest BCUT2D eigenvalue weighted by Gasteiger charge is 2.19. The number of alkyl halides is 2. The molecule has 0 saturated heterocycles. The molecule has 2 atom stereocenters. The van der Waals surface area contributed by atoms with E-state index in [9.17, 15) is 0 Å². The molecular formula is C15H22Cl2N4. The summed E-state index contributed by atoms with van der Waals surface area (Å²) in [4.78, 5) is 0. The lowest BCUT2D eigenvalue weighted by atomic mass is 10.0. The first-order chi connectivity index (χ1) is 9.73. The van der Waals surface area contributed by atoms with Crippen molar-refractivity contribution < 1.29 is 0 Å². The zero-order chi connectivity index (χ0) is 15.9. The van der Waals surface area contributed by atoms with E-state index in [1.807, 2.05) is 37.1 Å². The number of nitrogens with zero attached hydrogens (tertiary/aromatic N) is 4. The van der Waals surface area contributed by atoms with Gasteiger partial charge in [-0.2, -0.15) is 10.2 Å². The van der Waals surface area contributed by atoms with Crippen LogP contribution in [0.25, 0.3) is 0 Å². The maximum Gasteiger partial charge on any atom is 0.123 e. The smallest absolute Gasteiger partial charge is 0.123 e. The Bertz CT molecular complexity index is 597. The molecule has 4 nitrogen and oxygen atoms in total. The highest BCUT2D eigenvalue weighted by molar-refractivity contribution is 6.19. The fraction of sp³-hybridized carbons (Fsp3) is 0.600. The summed E-state index contributed by atoms with van der Waals surface area (Å²) < 4.78 is 3.73. The lowest BCUT2D eigenvalue weighted by molar-refractivity contribution is 0.608. The Labute approximate surface area is 136 Å². The van der Waals surface area contributed by atoms with E-state index in [0.717, 1.165) is 29.2 Å². The lowest BCUT2D eigenvalue weighted by Crippen LogP contribution is -2.04. The van der Waals surface area contributed by atoms with E-state index in [2.05, 4.69) is 24.0 Å². The van der Waals surface area contributed by atoms with Crippen LogP contribution in [0.1, 0.15) is 58.8 Å². The quantitative estimate of drug-likeness (QED) is 0.779. The van der Waals surface area contributed by atoms with Crippen molar-refractivity contribution in [3.63, 3.8) is 0 Å². The summed E-state index contributed by atoms with van der Waals surface area (Å²) in [7, 11) is 0. The van der Waals surface area contributed by atoms with E-state index < -0.39 is 0 Å². The van der Waals surface area contributed by atoms with Crippen LogP contribution in [0.2, 0.25) is 0 Å². The van der Waals surface area contributed by atoms with Crippen molar-refractivity contribution in [2.45, 2.75) is 59.0 Å². The summed E-state index contributed by atoms with van der Waals surface area (Å²) in [6.07, 6.45) is 0.808. The summed E-state index contributed by atoms with van der Waals surface area (Å²) in [5.41, 5.74) is 6.40. The summed E-state index contributed by atoms with van der Waals surface area (Å²) in [5.74, 6) is 0. The number of aryl methyl sites for hydroxylation is 2. The third-order valence-electron chi connectivity index (χ3n) is 3.98. The molecule has 2 rings (SSSR count). The second kappa shape index (κ2) is 6.01. The SMILES string of the molecule is Cc1nn(C(C)Cl)c(C)c1Cc1c(C)nn(C(C)Cl)c1C. The minimum Gasteiger partial charge on any atom is -0.252 e. The van der Waals surface area contributed by atoms with Gasteiger partial charge in [-0.3, -0.25) is 9.36 Å². The second-order valence-corrected chi connectivity index (χ2v) is 6.78. The summed E-state index contributed by atoms with van der Waals surface area (Å²) in [5, 5.41) is 9.08.